The maximum atomic E-state index is 12.8. The summed E-state index contributed by atoms with van der Waals surface area (Å²) in [5.41, 5.74) is 5.15. The molecule has 4 saturated carbocycles. The summed E-state index contributed by atoms with van der Waals surface area (Å²) in [6.45, 7) is 13.5. The zero-order valence-corrected chi connectivity index (χ0v) is 30.2. The summed E-state index contributed by atoms with van der Waals surface area (Å²) >= 11 is 0. The highest BCUT2D eigenvalue weighted by atomic mass is 16.5. The van der Waals surface area contributed by atoms with Gasteiger partial charge in [0.25, 0.3) is 5.91 Å². The average molecular weight is 671 g/mol. The Bertz CT molecular complexity index is 1300. The zero-order chi connectivity index (χ0) is 35.4. The van der Waals surface area contributed by atoms with E-state index < -0.39 is 34.8 Å². The molecule has 48 heavy (non-hydrogen) atoms. The smallest absolute Gasteiger partial charge is 0.306 e. The lowest BCUT2D eigenvalue weighted by atomic mass is 9.44. The fourth-order valence-electron chi connectivity index (χ4n) is 10.5. The fourth-order valence-corrected chi connectivity index (χ4v) is 10.5. The topological polar surface area (TPSA) is 159 Å². The maximum Gasteiger partial charge on any atom is 0.306 e. The molecule has 0 heterocycles. The average Bonchev–Trinajstić information content (AvgIpc) is 3.39. The molecule has 270 valence electrons. The Morgan fingerprint density at radius 1 is 0.938 bits per heavy atom. The number of hydrogen-bond donors (Lipinski definition) is 5. The van der Waals surface area contributed by atoms with Crippen molar-refractivity contribution < 1.29 is 34.4 Å². The molecular formula is C39H62N2O7. The number of phenols is 2. The molecule has 0 radical (unpaired) electrons. The fraction of sp³-hybridized carbons (Fsp3) is 0.769. The number of anilines is 1. The minimum atomic E-state index is -1.02. The van der Waals surface area contributed by atoms with Crippen LogP contribution in [0.2, 0.25) is 0 Å². The highest BCUT2D eigenvalue weighted by Gasteiger charge is 2.61. The number of primary amides is 1. The molecule has 1 aromatic carbocycles. The summed E-state index contributed by atoms with van der Waals surface area (Å²) in [7, 11) is 0. The Balaban J connectivity index is 0.00000255. The van der Waals surface area contributed by atoms with Crippen LogP contribution in [0.4, 0.5) is 5.69 Å². The van der Waals surface area contributed by atoms with Crippen molar-refractivity contribution in [3.05, 3.63) is 17.7 Å². The second-order valence-corrected chi connectivity index (χ2v) is 15.9. The first kappa shape index (κ1) is 38.0. The van der Waals surface area contributed by atoms with E-state index in [2.05, 4.69) is 33.0 Å². The van der Waals surface area contributed by atoms with Crippen molar-refractivity contribution >= 4 is 23.5 Å². The van der Waals surface area contributed by atoms with E-state index in [1.54, 1.807) is 0 Å². The lowest BCUT2D eigenvalue weighted by molar-refractivity contribution is -0.163. The predicted molar refractivity (Wildman–Crippen MR) is 187 cm³/mol. The van der Waals surface area contributed by atoms with Gasteiger partial charge in [-0.1, -0.05) is 54.4 Å². The molecule has 5 rings (SSSR count). The first-order valence-corrected chi connectivity index (χ1v) is 18.8. The van der Waals surface area contributed by atoms with E-state index in [0.717, 1.165) is 56.9 Å². The van der Waals surface area contributed by atoms with Crippen molar-refractivity contribution in [1.82, 2.24) is 0 Å². The van der Waals surface area contributed by atoms with Crippen molar-refractivity contribution in [2.24, 2.45) is 52.1 Å². The van der Waals surface area contributed by atoms with Crippen molar-refractivity contribution in [1.29, 1.82) is 0 Å². The van der Waals surface area contributed by atoms with Gasteiger partial charge in [0.2, 0.25) is 5.91 Å². The number of carbonyl (C=O) groups excluding carboxylic acids is 3. The highest BCUT2D eigenvalue weighted by molar-refractivity contribution is 6.02. The first-order valence-electron chi connectivity index (χ1n) is 18.8. The lowest BCUT2D eigenvalue weighted by Gasteiger charge is -2.61. The number of fused-ring (bicyclic) bond motifs is 5. The van der Waals surface area contributed by atoms with E-state index in [1.807, 2.05) is 13.8 Å². The van der Waals surface area contributed by atoms with Gasteiger partial charge in [-0.25, -0.2) is 0 Å². The van der Waals surface area contributed by atoms with Crippen LogP contribution in [0.5, 0.6) is 11.5 Å². The number of hydrogen-bond acceptors (Lipinski definition) is 7. The molecular weight excluding hydrogens is 608 g/mol. The molecule has 9 heteroatoms. The molecule has 0 saturated heterocycles. The zero-order valence-electron chi connectivity index (χ0n) is 30.2. The third-order valence-corrected chi connectivity index (χ3v) is 13.0. The van der Waals surface area contributed by atoms with Crippen LogP contribution in [-0.4, -0.2) is 45.3 Å². The molecule has 9 atom stereocenters. The molecule has 0 spiro atoms. The molecule has 6 N–H and O–H groups in total. The quantitative estimate of drug-likeness (QED) is 0.0916. The van der Waals surface area contributed by atoms with Gasteiger partial charge in [0.15, 0.2) is 5.75 Å². The first-order chi connectivity index (χ1) is 22.7. The molecule has 4 aliphatic rings. The largest absolute Gasteiger partial charge is 0.507 e. The van der Waals surface area contributed by atoms with Crippen LogP contribution < -0.4 is 11.1 Å². The monoisotopic (exact) mass is 670 g/mol. The number of aliphatic hydroxyl groups excluding tert-OH is 1. The summed E-state index contributed by atoms with van der Waals surface area (Å²) < 4.78 is 5.89. The van der Waals surface area contributed by atoms with Crippen LogP contribution in [0, 0.1) is 46.3 Å². The van der Waals surface area contributed by atoms with Crippen LogP contribution >= 0.6 is 0 Å². The molecule has 1 aromatic rings. The Morgan fingerprint density at radius 2 is 1.62 bits per heavy atom. The van der Waals surface area contributed by atoms with Gasteiger partial charge in [-0.2, -0.15) is 0 Å². The third-order valence-electron chi connectivity index (χ3n) is 13.0. The minimum absolute atomic E-state index is 0.0684. The van der Waals surface area contributed by atoms with E-state index in [1.165, 1.54) is 38.2 Å². The summed E-state index contributed by atoms with van der Waals surface area (Å²) in [5, 5.41) is 33.8. The number of nitrogens with one attached hydrogen (secondary N) is 1. The number of esters is 1. The van der Waals surface area contributed by atoms with E-state index in [9.17, 15) is 29.7 Å². The Kier molecular flexibility index (Phi) is 12.5. The van der Waals surface area contributed by atoms with Gasteiger partial charge in [-0.3, -0.25) is 14.4 Å². The summed E-state index contributed by atoms with van der Waals surface area (Å²) in [5.74, 6) is 0.665. The van der Waals surface area contributed by atoms with Crippen LogP contribution in [0.25, 0.3) is 0 Å². The highest BCUT2D eigenvalue weighted by Crippen LogP contribution is 2.68. The van der Waals surface area contributed by atoms with Gasteiger partial charge in [0, 0.05) is 6.42 Å². The Hall–Kier alpha value is -2.81. The van der Waals surface area contributed by atoms with E-state index in [0.29, 0.717) is 29.6 Å². The van der Waals surface area contributed by atoms with Crippen molar-refractivity contribution in [3.63, 3.8) is 0 Å². The molecule has 0 aromatic heterocycles. The minimum Gasteiger partial charge on any atom is -0.507 e. The number of ether oxygens (including phenoxy) is 1. The van der Waals surface area contributed by atoms with Crippen molar-refractivity contribution in [2.75, 3.05) is 5.32 Å². The van der Waals surface area contributed by atoms with E-state index in [4.69, 9.17) is 10.5 Å². The molecule has 0 bridgehead atoms. The normalized spacial score (nSPS) is 32.9. The number of rotatable bonds is 11. The molecule has 4 fully saturated rings. The third kappa shape index (κ3) is 7.81. The molecule has 4 aliphatic carbocycles. The van der Waals surface area contributed by atoms with E-state index in [-0.39, 0.29) is 41.6 Å². The predicted octanol–water partition coefficient (Wildman–Crippen LogP) is 7.70. The second kappa shape index (κ2) is 15.8. The van der Waals surface area contributed by atoms with Crippen molar-refractivity contribution in [2.45, 2.75) is 144 Å². The van der Waals surface area contributed by atoms with Crippen LogP contribution in [0.15, 0.2) is 12.1 Å². The van der Waals surface area contributed by atoms with Gasteiger partial charge in [-0.15, -0.1) is 0 Å². The molecule has 9 nitrogen and oxygen atoms in total. The lowest BCUT2D eigenvalue weighted by Crippen LogP contribution is -2.54. The van der Waals surface area contributed by atoms with Crippen molar-refractivity contribution in [3.8, 4) is 11.5 Å². The van der Waals surface area contributed by atoms with Gasteiger partial charge in [0.1, 0.15) is 17.4 Å². The maximum absolute atomic E-state index is 12.8. The SMILES string of the molecule is CC.CC(C)CCCC(O)C1CCC2C3CCC4CC(OC(=O)CCC(=O)Nc5ccc(O)c(C(N)=O)c5O)CCC4(C)C3CCC12C. The standard InChI is InChI=1S/C37H56N2O7.C2H6/c1-21(2)6-5-7-29(40)27-11-10-25-24-9-8-22-20-23(16-18-36(22,3)26(24)17-19-37(25,27)4)46-32(43)15-14-31(42)39-28-12-13-30(41)33(34(28)44)35(38)45;1-2/h12-13,21-27,29,40-41,44H,5-11,14-20H2,1-4H3,(H2,38,45)(H,39,42);1-2H3. The summed E-state index contributed by atoms with van der Waals surface area (Å²) in [6, 6.07) is 2.42. The Morgan fingerprint density at radius 3 is 2.31 bits per heavy atom. The van der Waals surface area contributed by atoms with Crippen LogP contribution in [0.1, 0.15) is 142 Å². The van der Waals surface area contributed by atoms with Crippen LogP contribution in [-0.2, 0) is 14.3 Å². The number of aliphatic hydroxyl groups is 1. The van der Waals surface area contributed by atoms with Gasteiger partial charge >= 0.3 is 5.97 Å². The van der Waals surface area contributed by atoms with Gasteiger partial charge in [0.05, 0.1) is 18.2 Å². The van der Waals surface area contributed by atoms with Crippen LogP contribution in [0.3, 0.4) is 0 Å². The second-order valence-electron chi connectivity index (χ2n) is 15.9. The summed E-state index contributed by atoms with van der Waals surface area (Å²) in [6.07, 6.45) is 12.7. The number of amides is 2. The van der Waals surface area contributed by atoms with Gasteiger partial charge in [-0.05, 0) is 123 Å². The van der Waals surface area contributed by atoms with Gasteiger partial charge < -0.3 is 31.1 Å². The number of aromatic hydroxyl groups is 2. The molecule has 0 aliphatic heterocycles. The number of carbonyl (C=O) groups is 3. The molecule has 9 unspecified atom stereocenters. The number of benzene rings is 1. The Labute approximate surface area is 287 Å². The number of nitrogens with two attached hydrogens (primary N) is 1. The van der Waals surface area contributed by atoms with E-state index >= 15 is 0 Å². The molecule has 2 amide bonds. The summed E-state index contributed by atoms with van der Waals surface area (Å²) in [4.78, 5) is 36.8.